The lowest BCUT2D eigenvalue weighted by atomic mass is 10.00. The average Bonchev–Trinajstić information content (AvgIpc) is 3.26. The third-order valence-electron chi connectivity index (χ3n) is 7.67. The van der Waals surface area contributed by atoms with Gasteiger partial charge >= 0.3 is 12.1 Å². The summed E-state index contributed by atoms with van der Waals surface area (Å²) in [5, 5.41) is 12.5. The molecule has 2 amide bonds. The van der Waals surface area contributed by atoms with Crippen LogP contribution in [0.5, 0.6) is 11.5 Å². The van der Waals surface area contributed by atoms with Crippen LogP contribution in [-0.2, 0) is 14.2 Å². The molecule has 4 rings (SSSR count). The van der Waals surface area contributed by atoms with Crippen LogP contribution in [0.2, 0.25) is 0 Å². The van der Waals surface area contributed by atoms with Crippen LogP contribution < -0.4 is 14.8 Å². The standard InChI is InChI=1S/C34H36F2N2O10/c1-19-14-23(15-20(2)31(19)47-18-45-4)32(40)37-25-16-38(34(42)43)13-5-6-26(25)48-33(41)22-9-7-21(8-10-22)30(39)28-27(46-17-44-3)12-11-24(35)29(28)36/h7-12,14-15,25-26H,5-6,13,16-18H2,1-4H3,(H,37,40)(H,42,43)/t25-,26-/m1/s1. The number of amides is 2. The van der Waals surface area contributed by atoms with E-state index in [0.29, 0.717) is 28.9 Å². The molecule has 12 nitrogen and oxygen atoms in total. The van der Waals surface area contributed by atoms with Gasteiger partial charge in [-0.2, -0.15) is 0 Å². The minimum Gasteiger partial charge on any atom is -0.467 e. The molecule has 48 heavy (non-hydrogen) atoms. The SMILES string of the molecule is COCOc1ccc(F)c(F)c1C(=O)c1ccc(C(=O)O[C@@H]2CCCN(C(=O)O)C[C@H]2NC(=O)c2cc(C)c(OCOC)c(C)c2)cc1. The molecule has 1 heterocycles. The summed E-state index contributed by atoms with van der Waals surface area (Å²) in [7, 11) is 2.82. The van der Waals surface area contributed by atoms with Crippen molar-refractivity contribution in [2.24, 2.45) is 0 Å². The number of ketones is 1. The van der Waals surface area contributed by atoms with E-state index >= 15 is 0 Å². The van der Waals surface area contributed by atoms with Crippen LogP contribution >= 0.6 is 0 Å². The van der Waals surface area contributed by atoms with Crippen LogP contribution in [0, 0.1) is 25.5 Å². The Balaban J connectivity index is 1.53. The van der Waals surface area contributed by atoms with E-state index in [2.05, 4.69) is 5.32 Å². The van der Waals surface area contributed by atoms with E-state index in [4.69, 9.17) is 23.7 Å². The number of esters is 1. The molecule has 1 aliphatic rings. The first kappa shape index (κ1) is 35.8. The fourth-order valence-electron chi connectivity index (χ4n) is 5.36. The zero-order valence-corrected chi connectivity index (χ0v) is 26.8. The van der Waals surface area contributed by atoms with Gasteiger partial charge < -0.3 is 39.0 Å². The number of nitrogens with one attached hydrogen (secondary N) is 1. The maximum Gasteiger partial charge on any atom is 0.407 e. The number of likely N-dealkylation sites (tertiary alicyclic amines) is 1. The van der Waals surface area contributed by atoms with Crippen LogP contribution in [0.4, 0.5) is 13.6 Å². The predicted molar refractivity (Wildman–Crippen MR) is 166 cm³/mol. The fourth-order valence-corrected chi connectivity index (χ4v) is 5.36. The monoisotopic (exact) mass is 670 g/mol. The third kappa shape index (κ3) is 8.44. The molecule has 0 spiro atoms. The number of carbonyl (C=O) groups is 4. The Bertz CT molecular complexity index is 1640. The maximum absolute atomic E-state index is 14.7. The first-order valence-electron chi connectivity index (χ1n) is 14.9. The molecule has 0 radical (unpaired) electrons. The quantitative estimate of drug-likeness (QED) is 0.155. The van der Waals surface area contributed by atoms with Crippen LogP contribution in [0.15, 0.2) is 48.5 Å². The summed E-state index contributed by atoms with van der Waals surface area (Å²) in [5.74, 6) is -4.47. The molecule has 3 aromatic rings. The summed E-state index contributed by atoms with van der Waals surface area (Å²) < 4.78 is 55.1. The Morgan fingerprint density at radius 2 is 1.52 bits per heavy atom. The Morgan fingerprint density at radius 1 is 0.896 bits per heavy atom. The number of carboxylic acid groups (broad SMARTS) is 1. The Kier molecular flexibility index (Phi) is 12.0. The lowest BCUT2D eigenvalue weighted by molar-refractivity contribution is 0.0179. The number of carbonyl (C=O) groups excluding carboxylic acids is 3. The zero-order chi connectivity index (χ0) is 35.0. The van der Waals surface area contributed by atoms with Crippen LogP contribution in [0.25, 0.3) is 0 Å². The fraction of sp³-hybridized carbons (Fsp3) is 0.353. The smallest absolute Gasteiger partial charge is 0.407 e. The molecular formula is C34H36F2N2O10. The molecule has 1 fully saturated rings. The molecule has 0 unspecified atom stereocenters. The first-order valence-corrected chi connectivity index (χ1v) is 14.9. The summed E-state index contributed by atoms with van der Waals surface area (Å²) in [6.07, 6.45) is -1.47. The van der Waals surface area contributed by atoms with Crippen molar-refractivity contribution in [2.75, 3.05) is 40.9 Å². The van der Waals surface area contributed by atoms with Gasteiger partial charge in [-0.1, -0.05) is 12.1 Å². The molecule has 0 aliphatic carbocycles. The second kappa shape index (κ2) is 16.2. The van der Waals surface area contributed by atoms with Gasteiger partial charge in [0.15, 0.2) is 31.0 Å². The number of aryl methyl sites for hydroxylation is 2. The van der Waals surface area contributed by atoms with Crippen molar-refractivity contribution in [1.29, 1.82) is 0 Å². The molecule has 0 bridgehead atoms. The van der Waals surface area contributed by atoms with Gasteiger partial charge in [0.1, 0.15) is 23.2 Å². The van der Waals surface area contributed by atoms with Gasteiger partial charge in [0, 0.05) is 38.4 Å². The van der Waals surface area contributed by atoms with E-state index < -0.39 is 53.1 Å². The Hall–Kier alpha value is -5.08. The summed E-state index contributed by atoms with van der Waals surface area (Å²) in [6, 6.07) is 9.39. The molecule has 2 N–H and O–H groups in total. The molecule has 0 aromatic heterocycles. The van der Waals surface area contributed by atoms with Gasteiger partial charge in [0.2, 0.25) is 0 Å². The minimum absolute atomic E-state index is 0.0305. The lowest BCUT2D eigenvalue weighted by Crippen LogP contribution is -2.51. The van der Waals surface area contributed by atoms with Crippen molar-refractivity contribution in [2.45, 2.75) is 38.8 Å². The lowest BCUT2D eigenvalue weighted by Gasteiger charge is -2.28. The van der Waals surface area contributed by atoms with Crippen molar-refractivity contribution in [3.63, 3.8) is 0 Å². The normalized spacial score (nSPS) is 16.1. The molecule has 14 heteroatoms. The van der Waals surface area contributed by atoms with Gasteiger partial charge in [-0.25, -0.2) is 18.4 Å². The number of halogens is 2. The highest BCUT2D eigenvalue weighted by Gasteiger charge is 2.34. The predicted octanol–water partition coefficient (Wildman–Crippen LogP) is 4.88. The van der Waals surface area contributed by atoms with Crippen LogP contribution in [0.1, 0.15) is 60.6 Å². The minimum atomic E-state index is -1.39. The van der Waals surface area contributed by atoms with E-state index in [1.165, 1.54) is 38.5 Å². The first-order chi connectivity index (χ1) is 22.9. The highest BCUT2D eigenvalue weighted by molar-refractivity contribution is 6.11. The van der Waals surface area contributed by atoms with Gasteiger partial charge in [-0.15, -0.1) is 0 Å². The van der Waals surface area contributed by atoms with Gasteiger partial charge in [0.25, 0.3) is 5.91 Å². The van der Waals surface area contributed by atoms with Crippen LogP contribution in [-0.4, -0.2) is 86.8 Å². The topological polar surface area (TPSA) is 150 Å². The van der Waals surface area contributed by atoms with E-state index in [-0.39, 0.29) is 50.0 Å². The van der Waals surface area contributed by atoms with E-state index in [1.807, 2.05) is 0 Å². The van der Waals surface area contributed by atoms with Crippen molar-refractivity contribution < 1.29 is 56.7 Å². The van der Waals surface area contributed by atoms with Crippen molar-refractivity contribution in [3.8, 4) is 11.5 Å². The number of nitrogens with zero attached hydrogens (tertiary/aromatic N) is 1. The highest BCUT2D eigenvalue weighted by atomic mass is 19.2. The number of hydrogen-bond donors (Lipinski definition) is 2. The molecule has 1 saturated heterocycles. The maximum atomic E-state index is 14.7. The molecule has 2 atom stereocenters. The number of methoxy groups -OCH3 is 2. The van der Waals surface area contributed by atoms with Crippen molar-refractivity contribution in [3.05, 3.63) is 93.5 Å². The second-order valence-corrected chi connectivity index (χ2v) is 11.1. The third-order valence-corrected chi connectivity index (χ3v) is 7.67. The molecular weight excluding hydrogens is 634 g/mol. The molecule has 3 aromatic carbocycles. The largest absolute Gasteiger partial charge is 0.467 e. The molecule has 1 aliphatic heterocycles. The van der Waals surface area contributed by atoms with E-state index in [9.17, 15) is 33.1 Å². The second-order valence-electron chi connectivity index (χ2n) is 11.1. The van der Waals surface area contributed by atoms with Gasteiger partial charge in [0.05, 0.1) is 11.6 Å². The number of hydrogen-bond acceptors (Lipinski definition) is 9. The molecule has 0 saturated carbocycles. The Labute approximate surface area is 275 Å². The van der Waals surface area contributed by atoms with Crippen LogP contribution in [0.3, 0.4) is 0 Å². The van der Waals surface area contributed by atoms with Gasteiger partial charge in [-0.3, -0.25) is 9.59 Å². The van der Waals surface area contributed by atoms with Gasteiger partial charge in [-0.05, 0) is 74.2 Å². The summed E-state index contributed by atoms with van der Waals surface area (Å²) >= 11 is 0. The van der Waals surface area contributed by atoms with Crippen molar-refractivity contribution >= 4 is 23.8 Å². The van der Waals surface area contributed by atoms with E-state index in [1.54, 1.807) is 26.0 Å². The van der Waals surface area contributed by atoms with Crippen molar-refractivity contribution in [1.82, 2.24) is 10.2 Å². The summed E-state index contributed by atoms with van der Waals surface area (Å²) in [4.78, 5) is 52.8. The number of rotatable bonds is 12. The number of benzene rings is 3. The zero-order valence-electron chi connectivity index (χ0n) is 26.8. The summed E-state index contributed by atoms with van der Waals surface area (Å²) in [6.45, 7) is 3.31. The van der Waals surface area contributed by atoms with E-state index in [0.717, 1.165) is 17.0 Å². The summed E-state index contributed by atoms with van der Waals surface area (Å²) in [5.41, 5.74) is 1.02. The average molecular weight is 671 g/mol. The Morgan fingerprint density at radius 3 is 2.15 bits per heavy atom. The number of ether oxygens (including phenoxy) is 5. The molecule has 256 valence electrons. The highest BCUT2D eigenvalue weighted by Crippen LogP contribution is 2.28.